The molecule has 0 saturated carbocycles. The van der Waals surface area contributed by atoms with Crippen molar-refractivity contribution < 1.29 is 9.47 Å². The van der Waals surface area contributed by atoms with E-state index in [1.807, 2.05) is 19.1 Å². The fourth-order valence-electron chi connectivity index (χ4n) is 1.17. The Bertz CT molecular complexity index is 410. The zero-order valence-electron chi connectivity index (χ0n) is 12.3. The number of methoxy groups -OCH3 is 1. The maximum atomic E-state index is 5.41. The summed E-state index contributed by atoms with van der Waals surface area (Å²) in [5, 5.41) is 0. The van der Waals surface area contributed by atoms with Crippen LogP contribution in [0.15, 0.2) is 22.7 Å². The van der Waals surface area contributed by atoms with Crippen LogP contribution in [-0.4, -0.2) is 35.8 Å². The Balaban J connectivity index is 2.60. The molecule has 0 bridgehead atoms. The highest BCUT2D eigenvalue weighted by Crippen LogP contribution is 2.25. The molecule has 1 heterocycles. The zero-order chi connectivity index (χ0) is 14.3. The Kier molecular flexibility index (Phi) is 6.31. The Morgan fingerprint density at radius 2 is 2.05 bits per heavy atom. The number of hydrogen-bond donors (Lipinski definition) is 0. The molecule has 0 aromatic carbocycles. The normalized spacial score (nSPS) is 12.6. The van der Waals surface area contributed by atoms with Crippen LogP contribution in [0.1, 0.15) is 33.3 Å². The molecule has 1 aromatic rings. The van der Waals surface area contributed by atoms with Crippen LogP contribution in [0, 0.1) is 0 Å². The average Bonchev–Trinajstić information content (AvgIpc) is 2.36. The molecule has 0 aliphatic heterocycles. The van der Waals surface area contributed by atoms with Gasteiger partial charge >= 0.3 is 0 Å². The SMILES string of the molecule is COCCOc1ccc(/C(C)=N/SC(C)(C)C)cn1. The van der Waals surface area contributed by atoms with Crippen LogP contribution in [0.3, 0.4) is 0 Å². The largest absolute Gasteiger partial charge is 0.475 e. The molecule has 5 heteroatoms. The third kappa shape index (κ3) is 6.59. The summed E-state index contributed by atoms with van der Waals surface area (Å²) in [4.78, 5) is 4.25. The highest BCUT2D eigenvalue weighted by molar-refractivity contribution is 7.99. The van der Waals surface area contributed by atoms with Gasteiger partial charge in [0.2, 0.25) is 5.88 Å². The molecule has 0 radical (unpaired) electrons. The number of nitrogens with zero attached hydrogens (tertiary/aromatic N) is 2. The molecule has 0 saturated heterocycles. The lowest BCUT2D eigenvalue weighted by Crippen LogP contribution is -2.07. The molecule has 1 aromatic heterocycles. The zero-order valence-corrected chi connectivity index (χ0v) is 13.1. The predicted octanol–water partition coefficient (Wildman–Crippen LogP) is 3.36. The van der Waals surface area contributed by atoms with Crippen LogP contribution >= 0.6 is 11.9 Å². The van der Waals surface area contributed by atoms with Gasteiger partial charge in [0, 0.05) is 29.7 Å². The number of rotatable bonds is 6. The van der Waals surface area contributed by atoms with Gasteiger partial charge in [-0.3, -0.25) is 0 Å². The second kappa shape index (κ2) is 7.50. The summed E-state index contributed by atoms with van der Waals surface area (Å²) in [7, 11) is 1.65. The molecule has 106 valence electrons. The molecule has 1 rings (SSSR count). The van der Waals surface area contributed by atoms with Crippen LogP contribution in [0.2, 0.25) is 0 Å². The first kappa shape index (κ1) is 16.0. The first-order valence-corrected chi connectivity index (χ1v) is 7.00. The lowest BCUT2D eigenvalue weighted by atomic mass is 10.2. The summed E-state index contributed by atoms with van der Waals surface area (Å²) in [5.41, 5.74) is 1.98. The van der Waals surface area contributed by atoms with E-state index in [9.17, 15) is 0 Å². The van der Waals surface area contributed by atoms with E-state index in [-0.39, 0.29) is 4.75 Å². The summed E-state index contributed by atoms with van der Waals surface area (Å²) in [6.07, 6.45) is 1.78. The number of ether oxygens (including phenoxy) is 2. The van der Waals surface area contributed by atoms with Crippen molar-refractivity contribution in [2.75, 3.05) is 20.3 Å². The van der Waals surface area contributed by atoms with Gasteiger partial charge in [-0.15, -0.1) is 0 Å². The summed E-state index contributed by atoms with van der Waals surface area (Å²) in [5.74, 6) is 0.608. The highest BCUT2D eigenvalue weighted by atomic mass is 32.2. The van der Waals surface area contributed by atoms with Crippen molar-refractivity contribution in [3.63, 3.8) is 0 Å². The second-order valence-corrected chi connectivity index (χ2v) is 6.70. The minimum Gasteiger partial charge on any atom is -0.475 e. The molecule has 0 N–H and O–H groups in total. The van der Waals surface area contributed by atoms with Crippen LogP contribution in [-0.2, 0) is 4.74 Å². The molecule has 19 heavy (non-hydrogen) atoms. The van der Waals surface area contributed by atoms with E-state index in [2.05, 4.69) is 30.2 Å². The molecular weight excluding hydrogens is 260 g/mol. The molecule has 0 unspecified atom stereocenters. The summed E-state index contributed by atoms with van der Waals surface area (Å²) in [6, 6.07) is 3.82. The van der Waals surface area contributed by atoms with Crippen molar-refractivity contribution in [1.29, 1.82) is 0 Å². The monoisotopic (exact) mass is 282 g/mol. The van der Waals surface area contributed by atoms with Gasteiger partial charge in [0.25, 0.3) is 0 Å². The third-order valence-electron chi connectivity index (χ3n) is 2.15. The maximum absolute atomic E-state index is 5.41. The van der Waals surface area contributed by atoms with Gasteiger partial charge in [-0.2, -0.15) is 0 Å². The van der Waals surface area contributed by atoms with E-state index in [1.165, 1.54) is 0 Å². The minimum absolute atomic E-state index is 0.123. The van der Waals surface area contributed by atoms with Gasteiger partial charge in [0.1, 0.15) is 6.61 Å². The van der Waals surface area contributed by atoms with Crippen molar-refractivity contribution in [2.24, 2.45) is 4.40 Å². The van der Waals surface area contributed by atoms with Gasteiger partial charge in [0.15, 0.2) is 0 Å². The Labute approximate surface area is 119 Å². The second-order valence-electron chi connectivity index (χ2n) is 5.11. The van der Waals surface area contributed by atoms with E-state index >= 15 is 0 Å². The molecule has 0 amide bonds. The molecular formula is C14H22N2O2S. The van der Waals surface area contributed by atoms with E-state index < -0.39 is 0 Å². The van der Waals surface area contributed by atoms with Crippen molar-refractivity contribution in [1.82, 2.24) is 4.98 Å². The summed E-state index contributed by atoms with van der Waals surface area (Å²) in [6.45, 7) is 9.47. The van der Waals surface area contributed by atoms with E-state index in [0.29, 0.717) is 19.1 Å². The molecule has 0 fully saturated rings. The Morgan fingerprint density at radius 3 is 2.58 bits per heavy atom. The highest BCUT2D eigenvalue weighted by Gasteiger charge is 2.10. The number of hydrogen-bond acceptors (Lipinski definition) is 5. The Hall–Kier alpha value is -1.07. The van der Waals surface area contributed by atoms with Gasteiger partial charge in [-0.05, 0) is 45.7 Å². The van der Waals surface area contributed by atoms with Crippen molar-refractivity contribution in [3.8, 4) is 5.88 Å². The molecule has 4 nitrogen and oxygen atoms in total. The van der Waals surface area contributed by atoms with Crippen molar-refractivity contribution in [3.05, 3.63) is 23.9 Å². The van der Waals surface area contributed by atoms with Gasteiger partial charge in [0.05, 0.1) is 12.3 Å². The quantitative estimate of drug-likeness (QED) is 0.456. The van der Waals surface area contributed by atoms with E-state index in [0.717, 1.165) is 11.3 Å². The Morgan fingerprint density at radius 1 is 1.32 bits per heavy atom. The fourth-order valence-corrected chi connectivity index (χ4v) is 1.68. The molecule has 0 atom stereocenters. The van der Waals surface area contributed by atoms with Crippen LogP contribution in [0.4, 0.5) is 0 Å². The van der Waals surface area contributed by atoms with Gasteiger partial charge < -0.3 is 9.47 Å². The van der Waals surface area contributed by atoms with Crippen LogP contribution in [0.5, 0.6) is 5.88 Å². The van der Waals surface area contributed by atoms with Crippen LogP contribution in [0.25, 0.3) is 0 Å². The number of aromatic nitrogens is 1. The first-order chi connectivity index (χ1) is 8.92. The predicted molar refractivity (Wildman–Crippen MR) is 81.2 cm³/mol. The smallest absolute Gasteiger partial charge is 0.213 e. The van der Waals surface area contributed by atoms with E-state index in [1.54, 1.807) is 25.3 Å². The standard InChI is InChI=1S/C14H22N2O2S/c1-11(16-19-14(2,3)4)12-6-7-13(15-10-12)18-9-8-17-5/h6-7,10H,8-9H2,1-5H3/b16-11+. The first-order valence-electron chi connectivity index (χ1n) is 6.23. The average molecular weight is 282 g/mol. The molecule has 0 spiro atoms. The summed E-state index contributed by atoms with van der Waals surface area (Å²) < 4.78 is 15.0. The molecule has 0 aliphatic carbocycles. The molecule has 0 aliphatic rings. The third-order valence-corrected chi connectivity index (χ3v) is 3.06. The summed E-state index contributed by atoms with van der Waals surface area (Å²) >= 11 is 1.57. The lowest BCUT2D eigenvalue weighted by Gasteiger charge is -2.13. The van der Waals surface area contributed by atoms with Gasteiger partial charge in [-0.25, -0.2) is 9.38 Å². The lowest BCUT2D eigenvalue weighted by molar-refractivity contribution is 0.144. The van der Waals surface area contributed by atoms with Crippen LogP contribution < -0.4 is 4.74 Å². The van der Waals surface area contributed by atoms with Crippen molar-refractivity contribution in [2.45, 2.75) is 32.4 Å². The number of pyridine rings is 1. The van der Waals surface area contributed by atoms with E-state index in [4.69, 9.17) is 9.47 Å². The topological polar surface area (TPSA) is 43.7 Å². The van der Waals surface area contributed by atoms with Gasteiger partial charge in [-0.1, -0.05) is 0 Å². The minimum atomic E-state index is 0.123. The maximum Gasteiger partial charge on any atom is 0.213 e. The fraction of sp³-hybridized carbons (Fsp3) is 0.571. The van der Waals surface area contributed by atoms with Crippen molar-refractivity contribution >= 4 is 17.7 Å².